The lowest BCUT2D eigenvalue weighted by Crippen LogP contribution is -2.28. The molecule has 1 aromatic carbocycles. The molecule has 2 aromatic rings. The van der Waals surface area contributed by atoms with Crippen molar-refractivity contribution in [3.63, 3.8) is 0 Å². The van der Waals surface area contributed by atoms with Crippen LogP contribution in [-0.4, -0.2) is 18.5 Å². The zero-order valence-electron chi connectivity index (χ0n) is 10.5. The van der Waals surface area contributed by atoms with Gasteiger partial charge in [0.15, 0.2) is 6.61 Å². The quantitative estimate of drug-likeness (QED) is 0.840. The predicted octanol–water partition coefficient (Wildman–Crippen LogP) is 2.98. The van der Waals surface area contributed by atoms with Crippen LogP contribution < -0.4 is 5.32 Å². The maximum atomic E-state index is 11.6. The van der Waals surface area contributed by atoms with Gasteiger partial charge >= 0.3 is 5.97 Å². The maximum Gasteiger partial charge on any atom is 0.348 e. The molecule has 104 valence electrons. The lowest BCUT2D eigenvalue weighted by Gasteiger charge is -2.07. The lowest BCUT2D eigenvalue weighted by molar-refractivity contribution is -0.124. The van der Waals surface area contributed by atoms with E-state index in [0.29, 0.717) is 11.4 Å². The number of benzene rings is 1. The van der Waals surface area contributed by atoms with Crippen molar-refractivity contribution in [1.82, 2.24) is 5.32 Å². The summed E-state index contributed by atoms with van der Waals surface area (Å²) in [7, 11) is 0. The second-order valence-electron chi connectivity index (χ2n) is 3.92. The highest BCUT2D eigenvalue weighted by Gasteiger charge is 2.10. The number of rotatable bonds is 5. The van der Waals surface area contributed by atoms with Gasteiger partial charge in [0.05, 0.1) is 0 Å². The third-order valence-corrected chi connectivity index (χ3v) is 4.11. The van der Waals surface area contributed by atoms with Gasteiger partial charge in [-0.25, -0.2) is 4.79 Å². The Hall–Kier alpha value is -1.66. The van der Waals surface area contributed by atoms with Crippen LogP contribution in [0.5, 0.6) is 0 Å². The highest BCUT2D eigenvalue weighted by molar-refractivity contribution is 9.10. The molecule has 0 aliphatic rings. The summed E-state index contributed by atoms with van der Waals surface area (Å²) in [5.74, 6) is -0.804. The summed E-state index contributed by atoms with van der Waals surface area (Å²) in [6.45, 7) is 0.109. The minimum Gasteiger partial charge on any atom is -0.451 e. The highest BCUT2D eigenvalue weighted by Crippen LogP contribution is 2.15. The molecule has 0 saturated heterocycles. The van der Waals surface area contributed by atoms with Crippen LogP contribution in [0.4, 0.5) is 0 Å². The number of thiophene rings is 1. The molecule has 6 heteroatoms. The first-order valence-corrected chi connectivity index (χ1v) is 7.55. The Morgan fingerprint density at radius 2 is 2.00 bits per heavy atom. The standard InChI is InChI=1S/C14H12BrNO3S/c15-11-5-2-1-4-10(11)8-16-13(17)9-19-14(18)12-6-3-7-20-12/h1-7H,8-9H2,(H,16,17). The van der Waals surface area contributed by atoms with E-state index in [4.69, 9.17) is 4.74 Å². The molecule has 2 rings (SSSR count). The number of hydrogen-bond donors (Lipinski definition) is 1. The van der Waals surface area contributed by atoms with Gasteiger partial charge in [-0.05, 0) is 23.1 Å². The Bertz CT molecular complexity index is 598. The molecule has 1 heterocycles. The topological polar surface area (TPSA) is 55.4 Å². The minimum atomic E-state index is -0.476. The maximum absolute atomic E-state index is 11.6. The van der Waals surface area contributed by atoms with E-state index in [-0.39, 0.29) is 12.5 Å². The predicted molar refractivity (Wildman–Crippen MR) is 80.6 cm³/mol. The Balaban J connectivity index is 1.76. The van der Waals surface area contributed by atoms with E-state index in [1.165, 1.54) is 11.3 Å². The van der Waals surface area contributed by atoms with Crippen LogP contribution in [0, 0.1) is 0 Å². The third-order valence-electron chi connectivity index (χ3n) is 2.49. The number of esters is 1. The highest BCUT2D eigenvalue weighted by atomic mass is 79.9. The molecule has 1 amide bonds. The molecule has 0 saturated carbocycles. The zero-order chi connectivity index (χ0) is 14.4. The fraction of sp³-hybridized carbons (Fsp3) is 0.143. The summed E-state index contributed by atoms with van der Waals surface area (Å²) in [5.41, 5.74) is 0.963. The number of carbonyl (C=O) groups excluding carboxylic acids is 2. The Kier molecular flexibility index (Phi) is 5.31. The first-order valence-electron chi connectivity index (χ1n) is 5.87. The monoisotopic (exact) mass is 353 g/mol. The van der Waals surface area contributed by atoms with Crippen molar-refractivity contribution < 1.29 is 14.3 Å². The van der Waals surface area contributed by atoms with Crippen molar-refractivity contribution in [3.05, 3.63) is 56.7 Å². The second-order valence-corrected chi connectivity index (χ2v) is 5.72. The second kappa shape index (κ2) is 7.21. The summed E-state index contributed by atoms with van der Waals surface area (Å²) in [5, 5.41) is 4.48. The van der Waals surface area contributed by atoms with Crippen molar-refractivity contribution in [3.8, 4) is 0 Å². The number of nitrogens with one attached hydrogen (secondary N) is 1. The van der Waals surface area contributed by atoms with E-state index in [9.17, 15) is 9.59 Å². The van der Waals surface area contributed by atoms with Gasteiger partial charge in [0.25, 0.3) is 5.91 Å². The van der Waals surface area contributed by atoms with E-state index in [1.54, 1.807) is 17.5 Å². The van der Waals surface area contributed by atoms with E-state index >= 15 is 0 Å². The molecule has 4 nitrogen and oxygen atoms in total. The van der Waals surface area contributed by atoms with Gasteiger partial charge in [0.2, 0.25) is 0 Å². The number of carbonyl (C=O) groups is 2. The van der Waals surface area contributed by atoms with Crippen molar-refractivity contribution in [1.29, 1.82) is 0 Å². The molecule has 1 aromatic heterocycles. The summed E-state index contributed by atoms with van der Waals surface area (Å²) in [4.78, 5) is 23.6. The van der Waals surface area contributed by atoms with Crippen LogP contribution in [0.3, 0.4) is 0 Å². The van der Waals surface area contributed by atoms with Crippen molar-refractivity contribution in [2.75, 3.05) is 6.61 Å². The molecule has 0 aliphatic heterocycles. The van der Waals surface area contributed by atoms with Gasteiger partial charge in [0.1, 0.15) is 4.88 Å². The number of ether oxygens (including phenoxy) is 1. The van der Waals surface area contributed by atoms with Gasteiger partial charge in [-0.3, -0.25) is 4.79 Å². The van der Waals surface area contributed by atoms with Crippen LogP contribution in [-0.2, 0) is 16.1 Å². The first-order chi connectivity index (χ1) is 9.66. The number of halogens is 1. The molecule has 0 bridgehead atoms. The summed E-state index contributed by atoms with van der Waals surface area (Å²) >= 11 is 4.68. The Morgan fingerprint density at radius 1 is 1.20 bits per heavy atom. The molecule has 0 atom stereocenters. The van der Waals surface area contributed by atoms with E-state index < -0.39 is 5.97 Å². The molecule has 0 spiro atoms. The molecule has 0 aliphatic carbocycles. The van der Waals surface area contributed by atoms with Crippen molar-refractivity contribution >= 4 is 39.1 Å². The van der Waals surface area contributed by atoms with Gasteiger partial charge < -0.3 is 10.1 Å². The average molecular weight is 354 g/mol. The minimum absolute atomic E-state index is 0.277. The van der Waals surface area contributed by atoms with E-state index in [0.717, 1.165) is 10.0 Å². The molecule has 0 fully saturated rings. The summed E-state index contributed by atoms with van der Waals surface area (Å²) < 4.78 is 5.84. The smallest absolute Gasteiger partial charge is 0.348 e. The lowest BCUT2D eigenvalue weighted by atomic mass is 10.2. The summed E-state index contributed by atoms with van der Waals surface area (Å²) in [6.07, 6.45) is 0. The number of amides is 1. The molecule has 1 N–H and O–H groups in total. The molecular formula is C14H12BrNO3S. The molecule has 0 radical (unpaired) electrons. The first kappa shape index (κ1) is 14.7. The fourth-order valence-electron chi connectivity index (χ4n) is 1.48. The van der Waals surface area contributed by atoms with Crippen LogP contribution >= 0.6 is 27.3 Å². The fourth-order valence-corrected chi connectivity index (χ4v) is 2.52. The van der Waals surface area contributed by atoms with Gasteiger partial charge in [-0.15, -0.1) is 11.3 Å². The van der Waals surface area contributed by atoms with Crippen LogP contribution in [0.25, 0.3) is 0 Å². The van der Waals surface area contributed by atoms with Crippen molar-refractivity contribution in [2.24, 2.45) is 0 Å². The van der Waals surface area contributed by atoms with Crippen LogP contribution in [0.2, 0.25) is 0 Å². The molecule has 20 heavy (non-hydrogen) atoms. The molecule has 0 unspecified atom stereocenters. The largest absolute Gasteiger partial charge is 0.451 e. The summed E-state index contributed by atoms with van der Waals surface area (Å²) in [6, 6.07) is 11.0. The third kappa shape index (κ3) is 4.18. The normalized spacial score (nSPS) is 10.1. The van der Waals surface area contributed by atoms with Gasteiger partial charge in [0, 0.05) is 11.0 Å². The van der Waals surface area contributed by atoms with Crippen LogP contribution in [0.15, 0.2) is 46.3 Å². The number of hydrogen-bond acceptors (Lipinski definition) is 4. The Labute approximate surface area is 128 Å². The van der Waals surface area contributed by atoms with Crippen molar-refractivity contribution in [2.45, 2.75) is 6.54 Å². The van der Waals surface area contributed by atoms with Crippen LogP contribution in [0.1, 0.15) is 15.2 Å². The Morgan fingerprint density at radius 3 is 2.70 bits per heavy atom. The van der Waals surface area contributed by atoms with Gasteiger partial charge in [-0.1, -0.05) is 40.2 Å². The zero-order valence-corrected chi connectivity index (χ0v) is 12.9. The van der Waals surface area contributed by atoms with E-state index in [1.807, 2.05) is 24.3 Å². The van der Waals surface area contributed by atoms with E-state index in [2.05, 4.69) is 21.2 Å². The molecular weight excluding hydrogens is 342 g/mol. The van der Waals surface area contributed by atoms with Gasteiger partial charge in [-0.2, -0.15) is 0 Å². The SMILES string of the molecule is O=C(COC(=O)c1cccs1)NCc1ccccc1Br. The average Bonchev–Trinajstić information content (AvgIpc) is 2.98.